The molecule has 1 atom stereocenters. The summed E-state index contributed by atoms with van der Waals surface area (Å²) in [6.45, 7) is 0.370. The molecule has 2 aromatic carbocycles. The quantitative estimate of drug-likeness (QED) is 0.379. The molecule has 1 unspecified atom stereocenters. The van der Waals surface area contributed by atoms with Crippen molar-refractivity contribution in [2.24, 2.45) is 5.73 Å². The molecular formula is C17H17N7OS2. The molecule has 138 valence electrons. The molecule has 0 spiro atoms. The van der Waals surface area contributed by atoms with Gasteiger partial charge in [-0.2, -0.15) is 5.10 Å². The highest BCUT2D eigenvalue weighted by Crippen LogP contribution is 2.30. The molecule has 10 heteroatoms. The van der Waals surface area contributed by atoms with Gasteiger partial charge < -0.3 is 15.8 Å². The highest BCUT2D eigenvalue weighted by atomic mass is 32.2. The molecule has 2 aromatic heterocycles. The van der Waals surface area contributed by atoms with E-state index in [1.165, 1.54) is 11.3 Å². The number of fused-ring (bicyclic) bond motifs is 1. The number of aromatic amines is 1. The van der Waals surface area contributed by atoms with Crippen molar-refractivity contribution in [3.8, 4) is 10.6 Å². The van der Waals surface area contributed by atoms with E-state index in [4.69, 9.17) is 5.73 Å². The van der Waals surface area contributed by atoms with Gasteiger partial charge in [-0.1, -0.05) is 23.5 Å². The number of hydrogen-bond donors (Lipinski definition) is 4. The van der Waals surface area contributed by atoms with Gasteiger partial charge in [0.1, 0.15) is 16.0 Å². The van der Waals surface area contributed by atoms with Crippen molar-refractivity contribution in [3.63, 3.8) is 0 Å². The molecule has 0 aliphatic carbocycles. The van der Waals surface area contributed by atoms with Gasteiger partial charge in [0, 0.05) is 28.9 Å². The van der Waals surface area contributed by atoms with Crippen LogP contribution in [0.5, 0.6) is 0 Å². The molecule has 0 amide bonds. The molecule has 27 heavy (non-hydrogen) atoms. The lowest BCUT2D eigenvalue weighted by Gasteiger charge is -2.06. The summed E-state index contributed by atoms with van der Waals surface area (Å²) in [7, 11) is -1.19. The second-order valence-electron chi connectivity index (χ2n) is 5.73. The summed E-state index contributed by atoms with van der Waals surface area (Å²) in [6, 6.07) is 13.5. The largest absolute Gasteiger partial charge is 0.330 e. The van der Waals surface area contributed by atoms with Gasteiger partial charge in [-0.15, -0.1) is 10.2 Å². The maximum atomic E-state index is 11.8. The summed E-state index contributed by atoms with van der Waals surface area (Å²) in [5, 5.41) is 21.2. The first-order chi connectivity index (χ1) is 13.2. The molecule has 0 fully saturated rings. The van der Waals surface area contributed by atoms with Gasteiger partial charge in [-0.3, -0.25) is 5.10 Å². The third-order valence-electron chi connectivity index (χ3n) is 3.76. The number of nitrogens with two attached hydrogens (primary N) is 1. The van der Waals surface area contributed by atoms with E-state index in [2.05, 4.69) is 30.4 Å². The first-order valence-electron chi connectivity index (χ1n) is 8.20. The van der Waals surface area contributed by atoms with Crippen LogP contribution in [-0.4, -0.2) is 36.9 Å². The Labute approximate surface area is 161 Å². The summed E-state index contributed by atoms with van der Waals surface area (Å²) >= 11 is 1.45. The first kappa shape index (κ1) is 17.6. The molecule has 0 bridgehead atoms. The van der Waals surface area contributed by atoms with Crippen LogP contribution in [0.15, 0.2) is 48.7 Å². The number of benzene rings is 2. The second-order valence-corrected chi connectivity index (χ2v) is 8.01. The molecular weight excluding hydrogens is 382 g/mol. The first-order valence-corrected chi connectivity index (χ1v) is 10.3. The number of nitrogens with zero attached hydrogens (tertiary/aromatic N) is 3. The normalized spacial score (nSPS) is 12.2. The molecule has 0 aliphatic rings. The Hall–Kier alpha value is -2.82. The predicted molar refractivity (Wildman–Crippen MR) is 110 cm³/mol. The average Bonchev–Trinajstić information content (AvgIpc) is 3.31. The van der Waals surface area contributed by atoms with Crippen LogP contribution in [0.1, 0.15) is 0 Å². The number of rotatable bonds is 7. The Morgan fingerprint density at radius 3 is 2.96 bits per heavy atom. The van der Waals surface area contributed by atoms with E-state index in [0.29, 0.717) is 17.4 Å². The molecule has 5 N–H and O–H groups in total. The van der Waals surface area contributed by atoms with Crippen LogP contribution in [-0.2, 0) is 11.0 Å². The van der Waals surface area contributed by atoms with E-state index in [-0.39, 0.29) is 0 Å². The summed E-state index contributed by atoms with van der Waals surface area (Å²) in [5.41, 5.74) is 8.99. The summed E-state index contributed by atoms with van der Waals surface area (Å²) in [6.07, 6.45) is 1.78. The number of aromatic nitrogens is 4. The molecule has 8 nitrogen and oxygen atoms in total. The van der Waals surface area contributed by atoms with Gasteiger partial charge in [-0.25, -0.2) is 4.21 Å². The van der Waals surface area contributed by atoms with Crippen molar-refractivity contribution in [3.05, 3.63) is 48.7 Å². The molecule has 2 heterocycles. The van der Waals surface area contributed by atoms with Crippen molar-refractivity contribution < 1.29 is 4.21 Å². The maximum Gasteiger partial charge on any atom is 0.210 e. The zero-order valence-electron chi connectivity index (χ0n) is 14.2. The van der Waals surface area contributed by atoms with Gasteiger partial charge in [0.25, 0.3) is 0 Å². The van der Waals surface area contributed by atoms with Crippen molar-refractivity contribution in [1.29, 1.82) is 0 Å². The fourth-order valence-electron chi connectivity index (χ4n) is 2.54. The zero-order chi connectivity index (χ0) is 18.6. The van der Waals surface area contributed by atoms with Crippen LogP contribution in [0, 0.1) is 0 Å². The minimum atomic E-state index is -1.19. The van der Waals surface area contributed by atoms with Crippen LogP contribution in [0.25, 0.3) is 21.5 Å². The van der Waals surface area contributed by atoms with Crippen LogP contribution in [0.4, 0.5) is 16.5 Å². The lowest BCUT2D eigenvalue weighted by molar-refractivity contribution is 0.686. The topological polar surface area (TPSA) is 122 Å². The van der Waals surface area contributed by atoms with Crippen LogP contribution in [0.2, 0.25) is 0 Å². The van der Waals surface area contributed by atoms with Crippen LogP contribution < -0.4 is 15.8 Å². The van der Waals surface area contributed by atoms with Gasteiger partial charge in [-0.05, 0) is 30.3 Å². The van der Waals surface area contributed by atoms with E-state index in [0.717, 1.165) is 32.8 Å². The summed E-state index contributed by atoms with van der Waals surface area (Å²) in [4.78, 5) is 0. The van der Waals surface area contributed by atoms with E-state index >= 15 is 0 Å². The molecule has 0 aliphatic heterocycles. The Kier molecular flexibility index (Phi) is 5.10. The average molecular weight is 400 g/mol. The van der Waals surface area contributed by atoms with Gasteiger partial charge in [0.15, 0.2) is 0 Å². The Balaban J connectivity index is 1.51. The minimum absolute atomic E-state index is 0.370. The standard InChI is InChI=1S/C17H17N7OS2/c18-6-7-27(25)24-14-3-1-2-11(8-14)16-22-23-17(26-16)20-13-4-5-15-12(9-13)10-19-21-15/h1-5,8-10,24H,6-7,18H2,(H,19,21)(H,20,23). The van der Waals surface area contributed by atoms with E-state index < -0.39 is 11.0 Å². The Morgan fingerprint density at radius 1 is 1.15 bits per heavy atom. The lowest BCUT2D eigenvalue weighted by atomic mass is 10.2. The lowest BCUT2D eigenvalue weighted by Crippen LogP contribution is -2.15. The fourth-order valence-corrected chi connectivity index (χ4v) is 4.01. The molecule has 4 aromatic rings. The van der Waals surface area contributed by atoms with Gasteiger partial charge in [0.2, 0.25) is 5.13 Å². The Morgan fingerprint density at radius 2 is 2.07 bits per heavy atom. The van der Waals surface area contributed by atoms with Gasteiger partial charge >= 0.3 is 0 Å². The van der Waals surface area contributed by atoms with E-state index in [1.807, 2.05) is 42.5 Å². The highest BCUT2D eigenvalue weighted by molar-refractivity contribution is 7.86. The monoisotopic (exact) mass is 399 g/mol. The Bertz CT molecular complexity index is 1090. The number of hydrogen-bond acceptors (Lipinski definition) is 7. The third kappa shape index (κ3) is 4.13. The molecule has 4 rings (SSSR count). The van der Waals surface area contributed by atoms with E-state index in [9.17, 15) is 4.21 Å². The SMILES string of the molecule is NCCS(=O)Nc1cccc(-c2nnc(Nc3ccc4[nH]ncc4c3)s2)c1. The zero-order valence-corrected chi connectivity index (χ0v) is 15.8. The highest BCUT2D eigenvalue weighted by Gasteiger charge is 2.09. The minimum Gasteiger partial charge on any atom is -0.330 e. The van der Waals surface area contributed by atoms with Crippen LogP contribution in [0.3, 0.4) is 0 Å². The van der Waals surface area contributed by atoms with E-state index in [1.54, 1.807) is 6.20 Å². The third-order valence-corrected chi connectivity index (χ3v) is 5.72. The molecule has 0 radical (unpaired) electrons. The number of H-pyrrole nitrogens is 1. The van der Waals surface area contributed by atoms with Crippen molar-refractivity contribution >= 4 is 49.7 Å². The summed E-state index contributed by atoms with van der Waals surface area (Å²) < 4.78 is 14.8. The smallest absolute Gasteiger partial charge is 0.210 e. The van der Waals surface area contributed by atoms with Gasteiger partial charge in [0.05, 0.1) is 17.5 Å². The number of nitrogens with one attached hydrogen (secondary N) is 3. The van der Waals surface area contributed by atoms with Crippen molar-refractivity contribution in [2.45, 2.75) is 0 Å². The fraction of sp³-hybridized carbons (Fsp3) is 0.118. The molecule has 0 saturated heterocycles. The predicted octanol–water partition coefficient (Wildman–Crippen LogP) is 2.86. The van der Waals surface area contributed by atoms with Crippen molar-refractivity contribution in [1.82, 2.24) is 20.4 Å². The maximum absolute atomic E-state index is 11.8. The second kappa shape index (κ2) is 7.82. The summed E-state index contributed by atoms with van der Waals surface area (Å²) in [5.74, 6) is 0.401. The van der Waals surface area contributed by atoms with Crippen molar-refractivity contribution in [2.75, 3.05) is 22.3 Å². The van der Waals surface area contributed by atoms with Crippen LogP contribution >= 0.6 is 11.3 Å². The number of anilines is 3. The molecule has 0 saturated carbocycles.